The number of rotatable bonds is 7. The van der Waals surface area contributed by atoms with Gasteiger partial charge in [0.1, 0.15) is 0 Å². The summed E-state index contributed by atoms with van der Waals surface area (Å²) < 4.78 is 27.5. The second kappa shape index (κ2) is 7.75. The number of nitrogens with zero attached hydrogens (tertiary/aromatic N) is 5. The highest BCUT2D eigenvalue weighted by Gasteiger charge is 2.17. The largest absolute Gasteiger partial charge is 0.347 e. The predicted octanol–water partition coefficient (Wildman–Crippen LogP) is 0.685. The van der Waals surface area contributed by atoms with Crippen LogP contribution in [0.4, 0.5) is 11.9 Å². The molecule has 1 N–H and O–H groups in total. The molecule has 0 spiro atoms. The standard InChI is InChI=1S/C16H22N6O3S/c1-11(23)12-7-6-8-13(9-12)26(24,25)17-10-14-18-15(21(2)3)20-16(19-14)22(4)5/h6-9,17H,10H2,1-5H3. The Kier molecular flexibility index (Phi) is 5.88. The topological polar surface area (TPSA) is 108 Å². The van der Waals surface area contributed by atoms with Crippen molar-refractivity contribution < 1.29 is 13.2 Å². The Balaban J connectivity index is 2.27. The van der Waals surface area contributed by atoms with E-state index in [1.807, 2.05) is 0 Å². The number of carbonyl (C=O) groups is 1. The van der Waals surface area contributed by atoms with Crippen LogP contribution in [0.2, 0.25) is 0 Å². The normalized spacial score (nSPS) is 11.3. The number of ketones is 1. The second-order valence-corrected chi connectivity index (χ2v) is 7.82. The maximum absolute atomic E-state index is 12.5. The Morgan fingerprint density at radius 3 is 2.12 bits per heavy atom. The molecule has 26 heavy (non-hydrogen) atoms. The molecular formula is C16H22N6O3S. The molecule has 1 heterocycles. The first-order valence-electron chi connectivity index (χ1n) is 7.80. The minimum atomic E-state index is -3.81. The molecule has 1 aromatic carbocycles. The van der Waals surface area contributed by atoms with Crippen molar-refractivity contribution in [3.05, 3.63) is 35.7 Å². The summed E-state index contributed by atoms with van der Waals surface area (Å²) >= 11 is 0. The van der Waals surface area contributed by atoms with Crippen LogP contribution < -0.4 is 14.5 Å². The number of hydrogen-bond acceptors (Lipinski definition) is 8. The van der Waals surface area contributed by atoms with E-state index in [-0.39, 0.29) is 17.2 Å². The summed E-state index contributed by atoms with van der Waals surface area (Å²) in [6.07, 6.45) is 0. The van der Waals surface area contributed by atoms with Gasteiger partial charge in [0.25, 0.3) is 0 Å². The zero-order valence-corrected chi connectivity index (χ0v) is 16.2. The van der Waals surface area contributed by atoms with E-state index in [4.69, 9.17) is 0 Å². The van der Waals surface area contributed by atoms with E-state index in [0.29, 0.717) is 23.3 Å². The first kappa shape index (κ1) is 19.7. The zero-order chi connectivity index (χ0) is 19.5. The van der Waals surface area contributed by atoms with Crippen LogP contribution in [0.3, 0.4) is 0 Å². The highest BCUT2D eigenvalue weighted by Crippen LogP contribution is 2.14. The SMILES string of the molecule is CC(=O)c1cccc(S(=O)(=O)NCc2nc(N(C)C)nc(N(C)C)n2)c1. The number of benzene rings is 1. The molecule has 1 aromatic heterocycles. The van der Waals surface area contributed by atoms with Gasteiger partial charge < -0.3 is 9.80 Å². The summed E-state index contributed by atoms with van der Waals surface area (Å²) in [4.78, 5) is 27.7. The molecule has 0 aliphatic carbocycles. The first-order valence-corrected chi connectivity index (χ1v) is 9.29. The van der Waals surface area contributed by atoms with Crippen molar-refractivity contribution in [2.24, 2.45) is 0 Å². The van der Waals surface area contributed by atoms with Crippen LogP contribution in [0.5, 0.6) is 0 Å². The summed E-state index contributed by atoms with van der Waals surface area (Å²) in [6.45, 7) is 1.28. The number of Topliss-reactive ketones (excluding diaryl/α,β-unsaturated/α-hetero) is 1. The molecule has 140 valence electrons. The molecule has 2 aromatic rings. The number of carbonyl (C=O) groups excluding carboxylic acids is 1. The fourth-order valence-electron chi connectivity index (χ4n) is 2.00. The van der Waals surface area contributed by atoms with Crippen LogP contribution in [0.25, 0.3) is 0 Å². The fraction of sp³-hybridized carbons (Fsp3) is 0.375. The lowest BCUT2D eigenvalue weighted by atomic mass is 10.2. The molecule has 9 nitrogen and oxygen atoms in total. The molecule has 0 fully saturated rings. The van der Waals surface area contributed by atoms with E-state index < -0.39 is 10.0 Å². The Bertz CT molecular complexity index is 886. The van der Waals surface area contributed by atoms with Crippen LogP contribution >= 0.6 is 0 Å². The second-order valence-electron chi connectivity index (χ2n) is 6.05. The van der Waals surface area contributed by atoms with Gasteiger partial charge in [-0.15, -0.1) is 0 Å². The Hall–Kier alpha value is -2.59. The van der Waals surface area contributed by atoms with E-state index >= 15 is 0 Å². The van der Waals surface area contributed by atoms with Gasteiger partial charge in [-0.25, -0.2) is 13.1 Å². The average Bonchev–Trinajstić information content (AvgIpc) is 2.59. The van der Waals surface area contributed by atoms with E-state index in [1.54, 1.807) is 44.1 Å². The van der Waals surface area contributed by atoms with Gasteiger partial charge in [-0.2, -0.15) is 15.0 Å². The molecule has 0 bridgehead atoms. The Morgan fingerprint density at radius 1 is 1.04 bits per heavy atom. The monoisotopic (exact) mass is 378 g/mol. The minimum Gasteiger partial charge on any atom is -0.347 e. The van der Waals surface area contributed by atoms with Crippen LogP contribution in [0.1, 0.15) is 23.1 Å². The molecular weight excluding hydrogens is 356 g/mol. The summed E-state index contributed by atoms with van der Waals surface area (Å²) in [7, 11) is 3.34. The van der Waals surface area contributed by atoms with Crippen molar-refractivity contribution in [2.45, 2.75) is 18.4 Å². The highest BCUT2D eigenvalue weighted by atomic mass is 32.2. The molecule has 0 unspecified atom stereocenters. The van der Waals surface area contributed by atoms with Gasteiger partial charge in [-0.1, -0.05) is 12.1 Å². The first-order chi connectivity index (χ1) is 12.1. The van der Waals surface area contributed by atoms with Gasteiger partial charge in [-0.05, 0) is 19.1 Å². The third kappa shape index (κ3) is 4.73. The number of hydrogen-bond donors (Lipinski definition) is 1. The Morgan fingerprint density at radius 2 is 1.62 bits per heavy atom. The Labute approximate surface area is 153 Å². The molecule has 0 saturated heterocycles. The fourth-order valence-corrected chi connectivity index (χ4v) is 3.03. The third-order valence-corrected chi connectivity index (χ3v) is 4.83. The highest BCUT2D eigenvalue weighted by molar-refractivity contribution is 7.89. The summed E-state index contributed by atoms with van der Waals surface area (Å²) in [5.74, 6) is 0.942. The van der Waals surface area contributed by atoms with Crippen LogP contribution in [-0.2, 0) is 16.6 Å². The van der Waals surface area contributed by atoms with Crippen molar-refractivity contribution in [1.82, 2.24) is 19.7 Å². The molecule has 2 rings (SSSR count). The lowest BCUT2D eigenvalue weighted by molar-refractivity contribution is 0.101. The summed E-state index contributed by atoms with van der Waals surface area (Å²) in [5.41, 5.74) is 0.331. The number of anilines is 2. The van der Waals surface area contributed by atoms with E-state index in [1.165, 1.54) is 25.1 Å². The number of nitrogens with one attached hydrogen (secondary N) is 1. The number of sulfonamides is 1. The van der Waals surface area contributed by atoms with Crippen molar-refractivity contribution >= 4 is 27.7 Å². The minimum absolute atomic E-state index is 0.0138. The number of aromatic nitrogens is 3. The zero-order valence-electron chi connectivity index (χ0n) is 15.4. The predicted molar refractivity (Wildman–Crippen MR) is 99.0 cm³/mol. The smallest absolute Gasteiger partial charge is 0.240 e. The van der Waals surface area contributed by atoms with E-state index in [2.05, 4.69) is 19.7 Å². The van der Waals surface area contributed by atoms with Crippen LogP contribution in [-0.4, -0.2) is 57.3 Å². The van der Waals surface area contributed by atoms with Crippen molar-refractivity contribution in [3.8, 4) is 0 Å². The molecule has 0 aliphatic rings. The molecule has 0 atom stereocenters. The molecule has 0 saturated carbocycles. The van der Waals surface area contributed by atoms with Crippen molar-refractivity contribution in [1.29, 1.82) is 0 Å². The average molecular weight is 378 g/mol. The molecule has 10 heteroatoms. The molecule has 0 radical (unpaired) electrons. The van der Waals surface area contributed by atoms with E-state index in [0.717, 1.165) is 0 Å². The van der Waals surface area contributed by atoms with Gasteiger partial charge in [0.05, 0.1) is 11.4 Å². The summed E-state index contributed by atoms with van der Waals surface area (Å²) in [5, 5.41) is 0. The van der Waals surface area contributed by atoms with Gasteiger partial charge in [0.15, 0.2) is 11.6 Å². The quantitative estimate of drug-likeness (QED) is 0.701. The maximum atomic E-state index is 12.5. The van der Waals surface area contributed by atoms with Crippen molar-refractivity contribution in [2.75, 3.05) is 38.0 Å². The van der Waals surface area contributed by atoms with Gasteiger partial charge in [0, 0.05) is 33.8 Å². The third-order valence-electron chi connectivity index (χ3n) is 3.43. The van der Waals surface area contributed by atoms with Crippen LogP contribution in [0, 0.1) is 0 Å². The van der Waals surface area contributed by atoms with Crippen LogP contribution in [0.15, 0.2) is 29.2 Å². The van der Waals surface area contributed by atoms with Crippen molar-refractivity contribution in [3.63, 3.8) is 0 Å². The van der Waals surface area contributed by atoms with Gasteiger partial charge >= 0.3 is 0 Å². The summed E-state index contributed by atoms with van der Waals surface area (Å²) in [6, 6.07) is 5.87. The van der Waals surface area contributed by atoms with Gasteiger partial charge in [0.2, 0.25) is 21.9 Å². The lowest BCUT2D eigenvalue weighted by Crippen LogP contribution is -2.26. The van der Waals surface area contributed by atoms with Gasteiger partial charge in [-0.3, -0.25) is 4.79 Å². The molecule has 0 amide bonds. The molecule has 0 aliphatic heterocycles. The lowest BCUT2D eigenvalue weighted by Gasteiger charge is -2.16. The van der Waals surface area contributed by atoms with E-state index in [9.17, 15) is 13.2 Å². The maximum Gasteiger partial charge on any atom is 0.240 e.